The Morgan fingerprint density at radius 3 is 2.89 bits per heavy atom. The van der Waals surface area contributed by atoms with Gasteiger partial charge in [0.2, 0.25) is 0 Å². The second-order valence-electron chi connectivity index (χ2n) is 6.42. The number of rotatable bonds is 3. The van der Waals surface area contributed by atoms with Crippen molar-refractivity contribution in [1.29, 1.82) is 0 Å². The van der Waals surface area contributed by atoms with E-state index in [-0.39, 0.29) is 5.92 Å². The monoisotopic (exact) mass is 259 g/mol. The molecule has 5 atom stereocenters. The van der Waals surface area contributed by atoms with E-state index in [2.05, 4.69) is 17.1 Å². The van der Waals surface area contributed by atoms with E-state index in [1.807, 2.05) is 6.08 Å². The van der Waals surface area contributed by atoms with Crippen molar-refractivity contribution in [3.63, 3.8) is 0 Å². The van der Waals surface area contributed by atoms with Gasteiger partial charge in [0.1, 0.15) is 0 Å². The third kappa shape index (κ3) is 1.57. The van der Waals surface area contributed by atoms with Crippen molar-refractivity contribution in [1.82, 2.24) is 4.90 Å². The lowest BCUT2D eigenvalue weighted by Crippen LogP contribution is -2.36. The summed E-state index contributed by atoms with van der Waals surface area (Å²) in [5.74, 6) is 2.23. The van der Waals surface area contributed by atoms with Crippen molar-refractivity contribution >= 4 is 5.78 Å². The van der Waals surface area contributed by atoms with Crippen molar-refractivity contribution < 1.29 is 9.53 Å². The molecule has 3 aliphatic carbocycles. The predicted octanol–water partition coefficient (Wildman–Crippen LogP) is 2.00. The number of carbonyl (C=O) groups excluding carboxylic acids is 1. The summed E-state index contributed by atoms with van der Waals surface area (Å²) in [7, 11) is 1.77. The van der Waals surface area contributed by atoms with Crippen molar-refractivity contribution in [2.45, 2.75) is 25.3 Å². The quantitative estimate of drug-likeness (QED) is 0.726. The van der Waals surface area contributed by atoms with Crippen LogP contribution in [-0.2, 0) is 9.53 Å². The van der Waals surface area contributed by atoms with Gasteiger partial charge in [-0.3, -0.25) is 4.79 Å². The number of ketones is 1. The van der Waals surface area contributed by atoms with Crippen molar-refractivity contribution in [2.75, 3.05) is 20.3 Å². The Morgan fingerprint density at radius 2 is 2.11 bits per heavy atom. The number of carbonyl (C=O) groups is 1. The van der Waals surface area contributed by atoms with Crippen LogP contribution in [0.5, 0.6) is 0 Å². The van der Waals surface area contributed by atoms with E-state index in [0.29, 0.717) is 29.6 Å². The van der Waals surface area contributed by atoms with Crippen molar-refractivity contribution in [3.05, 3.63) is 23.9 Å². The van der Waals surface area contributed by atoms with Gasteiger partial charge in [-0.15, -0.1) is 0 Å². The summed E-state index contributed by atoms with van der Waals surface area (Å²) in [6, 6.07) is 0.478. The minimum Gasteiger partial charge on any atom is -0.383 e. The Morgan fingerprint density at radius 1 is 1.32 bits per heavy atom. The molecule has 2 bridgehead atoms. The van der Waals surface area contributed by atoms with Crippen LogP contribution >= 0.6 is 0 Å². The number of ether oxygens (including phenoxy) is 1. The molecular weight excluding hydrogens is 238 g/mol. The van der Waals surface area contributed by atoms with Crippen LogP contribution in [0.3, 0.4) is 0 Å². The van der Waals surface area contributed by atoms with Gasteiger partial charge in [-0.1, -0.05) is 12.2 Å². The molecule has 2 fully saturated rings. The molecule has 0 aromatic rings. The van der Waals surface area contributed by atoms with Gasteiger partial charge < -0.3 is 9.64 Å². The van der Waals surface area contributed by atoms with E-state index < -0.39 is 0 Å². The smallest absolute Gasteiger partial charge is 0.161 e. The van der Waals surface area contributed by atoms with Crippen LogP contribution < -0.4 is 0 Å². The largest absolute Gasteiger partial charge is 0.383 e. The molecule has 1 saturated carbocycles. The Kier molecular flexibility index (Phi) is 2.59. The van der Waals surface area contributed by atoms with E-state index in [0.717, 1.165) is 13.2 Å². The lowest BCUT2D eigenvalue weighted by molar-refractivity contribution is -0.118. The van der Waals surface area contributed by atoms with E-state index >= 15 is 0 Å². The normalized spacial score (nSPS) is 43.2. The summed E-state index contributed by atoms with van der Waals surface area (Å²) in [6.45, 7) is 1.88. The van der Waals surface area contributed by atoms with Crippen LogP contribution in [0.1, 0.15) is 19.3 Å². The molecule has 3 heteroatoms. The van der Waals surface area contributed by atoms with Crippen molar-refractivity contribution in [2.24, 2.45) is 23.7 Å². The third-order valence-corrected chi connectivity index (χ3v) is 5.49. The number of likely N-dealkylation sites (tertiary alicyclic amines) is 1. The highest BCUT2D eigenvalue weighted by atomic mass is 16.5. The maximum absolute atomic E-state index is 12.3. The highest BCUT2D eigenvalue weighted by Crippen LogP contribution is 2.55. The van der Waals surface area contributed by atoms with Crippen molar-refractivity contribution in [3.8, 4) is 0 Å². The number of hydrogen-bond donors (Lipinski definition) is 0. The maximum Gasteiger partial charge on any atom is 0.161 e. The number of allylic oxidation sites excluding steroid dienone is 4. The summed E-state index contributed by atoms with van der Waals surface area (Å²) in [5, 5.41) is 0. The summed E-state index contributed by atoms with van der Waals surface area (Å²) >= 11 is 0. The van der Waals surface area contributed by atoms with Gasteiger partial charge in [0.25, 0.3) is 0 Å². The third-order valence-electron chi connectivity index (χ3n) is 5.49. The molecule has 0 aromatic carbocycles. The van der Waals surface area contributed by atoms with Gasteiger partial charge >= 0.3 is 0 Å². The molecule has 1 aliphatic heterocycles. The first-order valence-corrected chi connectivity index (χ1v) is 7.49. The summed E-state index contributed by atoms with van der Waals surface area (Å²) in [4.78, 5) is 14.8. The summed E-state index contributed by atoms with van der Waals surface area (Å²) in [6.07, 6.45) is 10.2. The molecule has 0 radical (unpaired) electrons. The zero-order valence-corrected chi connectivity index (χ0v) is 11.4. The van der Waals surface area contributed by atoms with Crippen LogP contribution in [-0.4, -0.2) is 37.0 Å². The van der Waals surface area contributed by atoms with Gasteiger partial charge in [0.05, 0.1) is 12.6 Å². The molecule has 0 amide bonds. The molecular formula is C16H21NO2. The summed E-state index contributed by atoms with van der Waals surface area (Å²) < 4.78 is 5.35. The molecule has 19 heavy (non-hydrogen) atoms. The van der Waals surface area contributed by atoms with Crippen LogP contribution in [0, 0.1) is 23.7 Å². The average molecular weight is 259 g/mol. The highest BCUT2D eigenvalue weighted by Gasteiger charge is 2.53. The zero-order valence-electron chi connectivity index (χ0n) is 11.4. The first kappa shape index (κ1) is 11.7. The first-order chi connectivity index (χ1) is 9.29. The topological polar surface area (TPSA) is 29.5 Å². The number of hydrogen-bond acceptors (Lipinski definition) is 3. The lowest BCUT2D eigenvalue weighted by Gasteiger charge is -2.33. The Balaban J connectivity index is 1.63. The second kappa shape index (κ2) is 4.20. The maximum atomic E-state index is 12.3. The Bertz CT molecular complexity index is 467. The van der Waals surface area contributed by atoms with Gasteiger partial charge in [-0.25, -0.2) is 0 Å². The fourth-order valence-corrected chi connectivity index (χ4v) is 4.77. The van der Waals surface area contributed by atoms with Gasteiger partial charge in [-0.05, 0) is 31.1 Å². The van der Waals surface area contributed by atoms with Crippen LogP contribution in [0.25, 0.3) is 0 Å². The minimum absolute atomic E-state index is 0.258. The van der Waals surface area contributed by atoms with Crippen LogP contribution in [0.2, 0.25) is 0 Å². The molecule has 4 rings (SSSR count). The Labute approximate surface area is 114 Å². The van der Waals surface area contributed by atoms with Crippen LogP contribution in [0.15, 0.2) is 23.9 Å². The average Bonchev–Trinajstić information content (AvgIpc) is 3.11. The first-order valence-electron chi connectivity index (χ1n) is 7.49. The molecule has 3 nitrogen and oxygen atoms in total. The highest BCUT2D eigenvalue weighted by molar-refractivity contribution is 5.96. The molecule has 0 N–H and O–H groups in total. The number of methoxy groups -OCH3 is 1. The second-order valence-corrected chi connectivity index (χ2v) is 6.42. The van der Waals surface area contributed by atoms with Crippen LogP contribution in [0.4, 0.5) is 0 Å². The molecule has 4 aliphatic rings. The van der Waals surface area contributed by atoms with E-state index in [1.54, 1.807) is 7.11 Å². The molecule has 1 saturated heterocycles. The van der Waals surface area contributed by atoms with Gasteiger partial charge in [0.15, 0.2) is 5.78 Å². The molecule has 102 valence electrons. The molecule has 1 heterocycles. The Hall–Kier alpha value is -1.09. The predicted molar refractivity (Wildman–Crippen MR) is 72.4 cm³/mol. The molecule has 0 unspecified atom stereocenters. The standard InChI is InChI=1S/C16H21NO2/c1-19-9-12-3-2-6-17(12)13-8-14(18)16-11-5-4-10(7-11)15(13)16/h4-5,8,10-12,15-16H,2-3,6-7,9H2,1H3/t10-,11+,12+,15+,16-/m1/s1. The van der Waals surface area contributed by atoms with E-state index in [1.165, 1.54) is 25.0 Å². The van der Waals surface area contributed by atoms with Gasteiger partial charge in [0, 0.05) is 37.3 Å². The molecule has 0 spiro atoms. The summed E-state index contributed by atoms with van der Waals surface area (Å²) in [5.41, 5.74) is 1.33. The van der Waals surface area contributed by atoms with Gasteiger partial charge in [-0.2, -0.15) is 0 Å². The van der Waals surface area contributed by atoms with E-state index in [4.69, 9.17) is 4.74 Å². The molecule has 0 aromatic heterocycles. The fourth-order valence-electron chi connectivity index (χ4n) is 4.77. The minimum atomic E-state index is 0.258. The zero-order chi connectivity index (χ0) is 13.0. The SMILES string of the molecule is COC[C@@H]1CCCN1C1=CC(=O)[C@@H]2[C@H]1[C@@H]1C=C[C@H]2C1. The number of fused-ring (bicyclic) bond motifs is 5. The fraction of sp³-hybridized carbons (Fsp3) is 0.688. The lowest BCUT2D eigenvalue weighted by atomic mass is 9.83. The number of nitrogens with zero attached hydrogens (tertiary/aromatic N) is 1. The van der Waals surface area contributed by atoms with E-state index in [9.17, 15) is 4.79 Å².